The number of aliphatic carboxylic acids is 1. The molecule has 0 radical (unpaired) electrons. The molecule has 1 aliphatic carbocycles. The second-order valence-corrected chi connectivity index (χ2v) is 4.30. The number of benzene rings is 1. The lowest BCUT2D eigenvalue weighted by molar-refractivity contribution is -0.143. The third kappa shape index (κ3) is 1.50. The second-order valence-electron chi connectivity index (χ2n) is 4.30. The SMILES string of the molecule is O=C(O)C1(c2ccc(O)cc2O)CCCC1. The Morgan fingerprint density at radius 1 is 1.19 bits per heavy atom. The Kier molecular flexibility index (Phi) is 2.50. The van der Waals surface area contributed by atoms with Gasteiger partial charge in [0.15, 0.2) is 0 Å². The van der Waals surface area contributed by atoms with Crippen molar-refractivity contribution in [2.45, 2.75) is 31.1 Å². The van der Waals surface area contributed by atoms with Crippen molar-refractivity contribution in [3.05, 3.63) is 23.8 Å². The van der Waals surface area contributed by atoms with Gasteiger partial charge in [-0.1, -0.05) is 18.9 Å². The van der Waals surface area contributed by atoms with Crippen molar-refractivity contribution in [1.82, 2.24) is 0 Å². The van der Waals surface area contributed by atoms with Crippen LogP contribution < -0.4 is 0 Å². The first-order valence-corrected chi connectivity index (χ1v) is 5.32. The lowest BCUT2D eigenvalue weighted by Gasteiger charge is -2.25. The van der Waals surface area contributed by atoms with Crippen LogP contribution in [-0.4, -0.2) is 21.3 Å². The van der Waals surface area contributed by atoms with Crippen molar-refractivity contribution < 1.29 is 20.1 Å². The van der Waals surface area contributed by atoms with Gasteiger partial charge in [0.25, 0.3) is 0 Å². The molecule has 0 heterocycles. The summed E-state index contributed by atoms with van der Waals surface area (Å²) in [5, 5.41) is 28.3. The summed E-state index contributed by atoms with van der Waals surface area (Å²) < 4.78 is 0. The fraction of sp³-hybridized carbons (Fsp3) is 0.417. The molecular formula is C12H14O4. The highest BCUT2D eigenvalue weighted by Gasteiger charge is 2.44. The van der Waals surface area contributed by atoms with E-state index in [9.17, 15) is 20.1 Å². The smallest absolute Gasteiger partial charge is 0.314 e. The molecule has 86 valence electrons. The van der Waals surface area contributed by atoms with Crippen LogP contribution in [0.2, 0.25) is 0 Å². The fourth-order valence-corrected chi connectivity index (χ4v) is 2.50. The monoisotopic (exact) mass is 222 g/mol. The van der Waals surface area contributed by atoms with Crippen molar-refractivity contribution in [3.63, 3.8) is 0 Å². The molecule has 1 aromatic rings. The van der Waals surface area contributed by atoms with Gasteiger partial charge in [-0.25, -0.2) is 0 Å². The molecule has 4 nitrogen and oxygen atoms in total. The first-order chi connectivity index (χ1) is 7.56. The van der Waals surface area contributed by atoms with E-state index in [-0.39, 0.29) is 11.5 Å². The van der Waals surface area contributed by atoms with E-state index in [1.165, 1.54) is 18.2 Å². The summed E-state index contributed by atoms with van der Waals surface area (Å²) in [4.78, 5) is 11.4. The molecule has 4 heteroatoms. The number of carboxylic acids is 1. The van der Waals surface area contributed by atoms with Gasteiger partial charge in [0, 0.05) is 11.6 Å². The number of carboxylic acid groups (broad SMARTS) is 1. The van der Waals surface area contributed by atoms with Crippen molar-refractivity contribution in [2.24, 2.45) is 0 Å². The van der Waals surface area contributed by atoms with E-state index in [1.807, 2.05) is 0 Å². The van der Waals surface area contributed by atoms with E-state index in [2.05, 4.69) is 0 Å². The minimum atomic E-state index is -0.974. The van der Waals surface area contributed by atoms with Crippen molar-refractivity contribution >= 4 is 5.97 Å². The Hall–Kier alpha value is -1.71. The number of carbonyl (C=O) groups is 1. The number of hydrogen-bond acceptors (Lipinski definition) is 3. The lowest BCUT2D eigenvalue weighted by Crippen LogP contribution is -2.32. The van der Waals surface area contributed by atoms with Gasteiger partial charge >= 0.3 is 5.97 Å². The summed E-state index contributed by atoms with van der Waals surface area (Å²) in [5.41, 5.74) is -0.562. The quantitative estimate of drug-likeness (QED) is 0.715. The molecule has 0 unspecified atom stereocenters. The largest absolute Gasteiger partial charge is 0.508 e. The molecule has 1 saturated carbocycles. The number of hydrogen-bond donors (Lipinski definition) is 3. The number of phenols is 2. The minimum absolute atomic E-state index is 0.0558. The zero-order valence-corrected chi connectivity index (χ0v) is 8.81. The van der Waals surface area contributed by atoms with Gasteiger partial charge in [0.05, 0.1) is 5.41 Å². The van der Waals surface area contributed by atoms with E-state index >= 15 is 0 Å². The van der Waals surface area contributed by atoms with Crippen LogP contribution in [0.25, 0.3) is 0 Å². The van der Waals surface area contributed by atoms with Crippen LogP contribution in [-0.2, 0) is 10.2 Å². The van der Waals surface area contributed by atoms with Crippen LogP contribution in [0.15, 0.2) is 18.2 Å². The number of aromatic hydroxyl groups is 2. The first kappa shape index (κ1) is 10.8. The van der Waals surface area contributed by atoms with Crippen molar-refractivity contribution in [3.8, 4) is 11.5 Å². The maximum atomic E-state index is 11.4. The van der Waals surface area contributed by atoms with Crippen LogP contribution in [0.4, 0.5) is 0 Å². The third-order valence-corrected chi connectivity index (χ3v) is 3.36. The van der Waals surface area contributed by atoms with Crippen LogP contribution in [0.1, 0.15) is 31.2 Å². The van der Waals surface area contributed by atoms with E-state index < -0.39 is 11.4 Å². The molecular weight excluding hydrogens is 208 g/mol. The first-order valence-electron chi connectivity index (χ1n) is 5.32. The summed E-state index contributed by atoms with van der Waals surface area (Å²) in [6.45, 7) is 0. The molecule has 16 heavy (non-hydrogen) atoms. The van der Waals surface area contributed by atoms with Gasteiger partial charge in [0.2, 0.25) is 0 Å². The molecule has 1 aromatic carbocycles. The maximum absolute atomic E-state index is 11.4. The predicted octanol–water partition coefficient (Wildman–Crippen LogP) is 1.99. The van der Waals surface area contributed by atoms with Gasteiger partial charge in [-0.05, 0) is 18.9 Å². The lowest BCUT2D eigenvalue weighted by atomic mass is 9.78. The summed E-state index contributed by atoms with van der Waals surface area (Å²) >= 11 is 0. The van der Waals surface area contributed by atoms with Crippen molar-refractivity contribution in [1.29, 1.82) is 0 Å². The van der Waals surface area contributed by atoms with E-state index in [1.54, 1.807) is 0 Å². The van der Waals surface area contributed by atoms with Crippen LogP contribution in [0.5, 0.6) is 11.5 Å². The second kappa shape index (κ2) is 3.70. The summed E-state index contributed by atoms with van der Waals surface area (Å²) in [6, 6.07) is 4.11. The average Bonchev–Trinajstić information content (AvgIpc) is 2.67. The standard InChI is InChI=1S/C12H14O4/c13-8-3-4-9(10(14)7-8)12(11(15)16)5-1-2-6-12/h3-4,7,13-14H,1-2,5-6H2,(H,15,16). The molecule has 0 aliphatic heterocycles. The van der Waals surface area contributed by atoms with Crippen molar-refractivity contribution in [2.75, 3.05) is 0 Å². The molecule has 0 spiro atoms. The highest BCUT2D eigenvalue weighted by molar-refractivity contribution is 5.83. The molecule has 0 bridgehead atoms. The van der Waals surface area contributed by atoms with Crippen LogP contribution >= 0.6 is 0 Å². The Morgan fingerprint density at radius 2 is 1.81 bits per heavy atom. The third-order valence-electron chi connectivity index (χ3n) is 3.36. The maximum Gasteiger partial charge on any atom is 0.314 e. The summed E-state index contributed by atoms with van der Waals surface area (Å²) in [6.07, 6.45) is 2.79. The molecule has 0 atom stereocenters. The highest BCUT2D eigenvalue weighted by atomic mass is 16.4. The zero-order valence-electron chi connectivity index (χ0n) is 8.81. The Balaban J connectivity index is 2.51. The average molecular weight is 222 g/mol. The normalized spacial score (nSPS) is 18.5. The molecule has 0 amide bonds. The molecule has 0 saturated heterocycles. The molecule has 2 rings (SSSR count). The fourth-order valence-electron chi connectivity index (χ4n) is 2.50. The zero-order chi connectivity index (χ0) is 11.8. The Bertz CT molecular complexity index is 419. The number of rotatable bonds is 2. The van der Waals surface area contributed by atoms with E-state index in [0.717, 1.165) is 12.8 Å². The molecule has 3 N–H and O–H groups in total. The van der Waals surface area contributed by atoms with Gasteiger partial charge in [-0.3, -0.25) is 4.79 Å². The van der Waals surface area contributed by atoms with Gasteiger partial charge < -0.3 is 15.3 Å². The molecule has 1 fully saturated rings. The summed E-state index contributed by atoms with van der Waals surface area (Å²) in [7, 11) is 0. The van der Waals surface area contributed by atoms with E-state index in [0.29, 0.717) is 18.4 Å². The minimum Gasteiger partial charge on any atom is -0.508 e. The van der Waals surface area contributed by atoms with E-state index in [4.69, 9.17) is 0 Å². The van der Waals surface area contributed by atoms with Gasteiger partial charge in [-0.2, -0.15) is 0 Å². The van der Waals surface area contributed by atoms with Crippen LogP contribution in [0.3, 0.4) is 0 Å². The highest BCUT2D eigenvalue weighted by Crippen LogP contribution is 2.45. The molecule has 1 aliphatic rings. The Morgan fingerprint density at radius 3 is 2.31 bits per heavy atom. The van der Waals surface area contributed by atoms with Gasteiger partial charge in [-0.15, -0.1) is 0 Å². The predicted molar refractivity (Wildman–Crippen MR) is 57.6 cm³/mol. The Labute approximate surface area is 93.2 Å². The topological polar surface area (TPSA) is 77.8 Å². The van der Waals surface area contributed by atoms with Crippen LogP contribution in [0, 0.1) is 0 Å². The molecule has 0 aromatic heterocycles. The van der Waals surface area contributed by atoms with Gasteiger partial charge in [0.1, 0.15) is 11.5 Å². The number of phenolic OH excluding ortho intramolecular Hbond substituents is 2. The summed E-state index contributed by atoms with van der Waals surface area (Å²) in [5.74, 6) is -1.09.